The minimum Gasteiger partial charge on any atom is -0.481 e. The van der Waals surface area contributed by atoms with Crippen LogP contribution in [0.5, 0.6) is 0 Å². The van der Waals surface area contributed by atoms with Gasteiger partial charge in [-0.05, 0) is 31.6 Å². The van der Waals surface area contributed by atoms with E-state index in [0.717, 1.165) is 25.7 Å². The van der Waals surface area contributed by atoms with E-state index in [1.54, 1.807) is 6.92 Å². The first kappa shape index (κ1) is 15.0. The molecule has 1 atom stereocenters. The fourth-order valence-electron chi connectivity index (χ4n) is 2.69. The zero-order chi connectivity index (χ0) is 13.6. The molecule has 18 heavy (non-hydrogen) atoms. The Labute approximate surface area is 108 Å². The summed E-state index contributed by atoms with van der Waals surface area (Å²) in [5, 5.41) is 20.8. The van der Waals surface area contributed by atoms with Crippen LogP contribution in [0, 0.1) is 5.41 Å². The van der Waals surface area contributed by atoms with E-state index in [1.807, 2.05) is 0 Å². The quantitative estimate of drug-likeness (QED) is 0.641. The van der Waals surface area contributed by atoms with Crippen molar-refractivity contribution in [3.05, 3.63) is 0 Å². The summed E-state index contributed by atoms with van der Waals surface area (Å²) in [4.78, 5) is 22.7. The van der Waals surface area contributed by atoms with Crippen molar-refractivity contribution in [1.82, 2.24) is 5.32 Å². The van der Waals surface area contributed by atoms with Crippen LogP contribution < -0.4 is 5.32 Å². The molecule has 1 rings (SSSR count). The summed E-state index contributed by atoms with van der Waals surface area (Å²) in [5.41, 5.74) is -0.346. The molecule has 3 N–H and O–H groups in total. The molecule has 5 heteroatoms. The average Bonchev–Trinajstić information content (AvgIpc) is 2.64. The van der Waals surface area contributed by atoms with Gasteiger partial charge in [0.25, 0.3) is 0 Å². The fraction of sp³-hybridized carbons (Fsp3) is 0.846. The maximum Gasteiger partial charge on any atom is 0.303 e. The summed E-state index contributed by atoms with van der Waals surface area (Å²) in [5.74, 6) is -0.924. The Balaban J connectivity index is 2.41. The molecule has 1 aliphatic carbocycles. The van der Waals surface area contributed by atoms with Crippen LogP contribution >= 0.6 is 0 Å². The summed E-state index contributed by atoms with van der Waals surface area (Å²) in [6, 6.07) is 0. The number of aliphatic hydroxyl groups is 1. The van der Waals surface area contributed by atoms with Crippen LogP contribution in [-0.2, 0) is 9.59 Å². The number of aliphatic carboxylic acids is 1. The molecule has 0 heterocycles. The summed E-state index contributed by atoms with van der Waals surface area (Å²) < 4.78 is 0. The first-order valence-electron chi connectivity index (χ1n) is 6.60. The molecule has 1 fully saturated rings. The zero-order valence-electron chi connectivity index (χ0n) is 10.9. The molecule has 1 aliphatic rings. The SMILES string of the molecule is CC(O)CCNC(=O)CC1(CC(=O)O)CCCC1. The van der Waals surface area contributed by atoms with Crippen molar-refractivity contribution in [3.8, 4) is 0 Å². The van der Waals surface area contributed by atoms with E-state index in [9.17, 15) is 9.59 Å². The molecule has 104 valence electrons. The Bertz CT molecular complexity index is 295. The van der Waals surface area contributed by atoms with E-state index in [2.05, 4.69) is 5.32 Å². The number of aliphatic hydroxyl groups excluding tert-OH is 1. The lowest BCUT2D eigenvalue weighted by molar-refractivity contribution is -0.140. The normalized spacial score (nSPS) is 19.4. The Kier molecular flexibility index (Phi) is 5.59. The second-order valence-corrected chi connectivity index (χ2v) is 5.44. The molecule has 0 aromatic carbocycles. The van der Waals surface area contributed by atoms with Crippen molar-refractivity contribution in [2.45, 2.75) is 58.0 Å². The van der Waals surface area contributed by atoms with E-state index in [0.29, 0.717) is 19.4 Å². The number of carbonyl (C=O) groups is 2. The Hall–Kier alpha value is -1.10. The topological polar surface area (TPSA) is 86.6 Å². The summed E-state index contributed by atoms with van der Waals surface area (Å²) >= 11 is 0. The first-order chi connectivity index (χ1) is 8.43. The molecule has 0 aromatic rings. The lowest BCUT2D eigenvalue weighted by Gasteiger charge is -2.26. The van der Waals surface area contributed by atoms with E-state index < -0.39 is 12.1 Å². The second-order valence-electron chi connectivity index (χ2n) is 5.44. The van der Waals surface area contributed by atoms with E-state index >= 15 is 0 Å². The lowest BCUT2D eigenvalue weighted by atomic mass is 9.79. The summed E-state index contributed by atoms with van der Waals surface area (Å²) in [6.45, 7) is 2.12. The van der Waals surface area contributed by atoms with Gasteiger partial charge in [-0.25, -0.2) is 0 Å². The molecular weight excluding hydrogens is 234 g/mol. The van der Waals surface area contributed by atoms with Gasteiger partial charge in [-0.2, -0.15) is 0 Å². The maximum absolute atomic E-state index is 11.8. The maximum atomic E-state index is 11.8. The van der Waals surface area contributed by atoms with Crippen LogP contribution in [0.25, 0.3) is 0 Å². The number of amides is 1. The molecule has 1 amide bonds. The third kappa shape index (κ3) is 5.04. The summed E-state index contributed by atoms with van der Waals surface area (Å²) in [6.07, 6.45) is 4.13. The van der Waals surface area contributed by atoms with Gasteiger partial charge >= 0.3 is 5.97 Å². The monoisotopic (exact) mass is 257 g/mol. The highest BCUT2D eigenvalue weighted by Crippen LogP contribution is 2.43. The Morgan fingerprint density at radius 1 is 1.28 bits per heavy atom. The number of hydrogen-bond acceptors (Lipinski definition) is 3. The summed E-state index contributed by atoms with van der Waals surface area (Å²) in [7, 11) is 0. The average molecular weight is 257 g/mol. The predicted molar refractivity (Wildman–Crippen MR) is 67.1 cm³/mol. The van der Waals surface area contributed by atoms with Gasteiger partial charge in [-0.15, -0.1) is 0 Å². The van der Waals surface area contributed by atoms with E-state index in [-0.39, 0.29) is 17.7 Å². The van der Waals surface area contributed by atoms with Gasteiger partial charge in [-0.1, -0.05) is 12.8 Å². The fourth-order valence-corrected chi connectivity index (χ4v) is 2.69. The number of carboxylic acids is 1. The molecule has 5 nitrogen and oxygen atoms in total. The van der Waals surface area contributed by atoms with E-state index in [4.69, 9.17) is 10.2 Å². The highest BCUT2D eigenvalue weighted by molar-refractivity contribution is 5.78. The van der Waals surface area contributed by atoms with Gasteiger partial charge in [0.05, 0.1) is 12.5 Å². The number of carboxylic acid groups (broad SMARTS) is 1. The van der Waals surface area contributed by atoms with Crippen molar-refractivity contribution in [1.29, 1.82) is 0 Å². The van der Waals surface area contributed by atoms with Crippen LogP contribution in [0.4, 0.5) is 0 Å². The molecule has 0 saturated heterocycles. The molecule has 0 spiro atoms. The highest BCUT2D eigenvalue weighted by Gasteiger charge is 2.37. The number of nitrogens with one attached hydrogen (secondary N) is 1. The zero-order valence-corrected chi connectivity index (χ0v) is 10.9. The predicted octanol–water partition coefficient (Wildman–Crippen LogP) is 1.30. The second kappa shape index (κ2) is 6.73. The van der Waals surface area contributed by atoms with Crippen LogP contribution in [0.15, 0.2) is 0 Å². The molecule has 0 aromatic heterocycles. The van der Waals surface area contributed by atoms with Crippen LogP contribution in [0.1, 0.15) is 51.9 Å². The molecule has 1 saturated carbocycles. The molecule has 0 aliphatic heterocycles. The van der Waals surface area contributed by atoms with Crippen molar-refractivity contribution in [3.63, 3.8) is 0 Å². The molecule has 0 radical (unpaired) electrons. The number of rotatable bonds is 7. The van der Waals surface area contributed by atoms with Gasteiger partial charge < -0.3 is 15.5 Å². The van der Waals surface area contributed by atoms with Crippen LogP contribution in [0.3, 0.4) is 0 Å². The minimum atomic E-state index is -0.825. The van der Waals surface area contributed by atoms with Crippen LogP contribution in [-0.4, -0.2) is 34.7 Å². The van der Waals surface area contributed by atoms with Gasteiger partial charge in [0.1, 0.15) is 0 Å². The Morgan fingerprint density at radius 2 is 1.89 bits per heavy atom. The third-order valence-corrected chi connectivity index (χ3v) is 3.61. The van der Waals surface area contributed by atoms with Crippen LogP contribution in [0.2, 0.25) is 0 Å². The number of hydrogen-bond donors (Lipinski definition) is 3. The molecule has 1 unspecified atom stereocenters. The number of carbonyl (C=O) groups excluding carboxylic acids is 1. The van der Waals surface area contributed by atoms with Crippen molar-refractivity contribution < 1.29 is 19.8 Å². The van der Waals surface area contributed by atoms with Crippen molar-refractivity contribution in [2.24, 2.45) is 5.41 Å². The third-order valence-electron chi connectivity index (χ3n) is 3.61. The molecular formula is C13H23NO4. The first-order valence-corrected chi connectivity index (χ1v) is 6.60. The lowest BCUT2D eigenvalue weighted by Crippen LogP contribution is -2.33. The standard InChI is InChI=1S/C13H23NO4/c1-10(15)4-7-14-11(16)8-13(9-12(17)18)5-2-3-6-13/h10,15H,2-9H2,1H3,(H,14,16)(H,17,18). The van der Waals surface area contributed by atoms with Gasteiger partial charge in [0.15, 0.2) is 0 Å². The largest absolute Gasteiger partial charge is 0.481 e. The Morgan fingerprint density at radius 3 is 2.39 bits per heavy atom. The van der Waals surface area contributed by atoms with Gasteiger partial charge in [0, 0.05) is 13.0 Å². The van der Waals surface area contributed by atoms with Gasteiger partial charge in [0.2, 0.25) is 5.91 Å². The smallest absolute Gasteiger partial charge is 0.303 e. The molecule has 0 bridgehead atoms. The minimum absolute atomic E-state index is 0.0802. The van der Waals surface area contributed by atoms with Gasteiger partial charge in [-0.3, -0.25) is 9.59 Å². The van der Waals surface area contributed by atoms with Crippen molar-refractivity contribution in [2.75, 3.05) is 6.54 Å². The van der Waals surface area contributed by atoms with Crippen molar-refractivity contribution >= 4 is 11.9 Å². The highest BCUT2D eigenvalue weighted by atomic mass is 16.4. The van der Waals surface area contributed by atoms with E-state index in [1.165, 1.54) is 0 Å².